The van der Waals surface area contributed by atoms with Crippen molar-refractivity contribution in [1.82, 2.24) is 9.78 Å². The Balaban J connectivity index is 1.94. The van der Waals surface area contributed by atoms with Gasteiger partial charge >= 0.3 is 11.9 Å². The topological polar surface area (TPSA) is 117 Å². The first-order chi connectivity index (χ1) is 10.5. The van der Waals surface area contributed by atoms with Crippen molar-refractivity contribution >= 4 is 17.6 Å². The van der Waals surface area contributed by atoms with Gasteiger partial charge in [-0.2, -0.15) is 5.10 Å². The summed E-state index contributed by atoms with van der Waals surface area (Å²) in [6.07, 6.45) is 1.29. The van der Waals surface area contributed by atoms with Gasteiger partial charge in [-0.15, -0.1) is 0 Å². The van der Waals surface area contributed by atoms with E-state index < -0.39 is 11.9 Å². The lowest BCUT2D eigenvalue weighted by Gasteiger charge is -2.08. The number of nitrogens with two attached hydrogens (primary N) is 1. The zero-order valence-electron chi connectivity index (χ0n) is 11.9. The molecule has 0 saturated carbocycles. The molecule has 0 fully saturated rings. The van der Waals surface area contributed by atoms with Gasteiger partial charge < -0.3 is 20.3 Å². The maximum absolute atomic E-state index is 11.3. The number of carboxylic acid groups (broad SMARTS) is 1. The van der Waals surface area contributed by atoms with Gasteiger partial charge in [0.2, 0.25) is 0 Å². The number of carboxylic acids is 1. The molecule has 2 rings (SSSR count). The van der Waals surface area contributed by atoms with Crippen LogP contribution in [-0.4, -0.2) is 40.5 Å². The number of esters is 1. The summed E-state index contributed by atoms with van der Waals surface area (Å²) in [7, 11) is 1.31. The highest BCUT2D eigenvalue weighted by Crippen LogP contribution is 2.14. The highest BCUT2D eigenvalue weighted by atomic mass is 16.5. The first kappa shape index (κ1) is 15.4. The number of carbonyl (C=O) groups is 2. The van der Waals surface area contributed by atoms with Gasteiger partial charge in [-0.05, 0) is 24.3 Å². The normalized spacial score (nSPS) is 10.2. The van der Waals surface area contributed by atoms with Crippen LogP contribution in [0.15, 0.2) is 30.5 Å². The third-order valence-electron chi connectivity index (χ3n) is 2.92. The Kier molecular flexibility index (Phi) is 4.62. The minimum atomic E-state index is -1.14. The maximum Gasteiger partial charge on any atom is 0.356 e. The predicted octanol–water partition coefficient (Wildman–Crippen LogP) is 1.03. The van der Waals surface area contributed by atoms with Crippen molar-refractivity contribution in [3.63, 3.8) is 0 Å². The summed E-state index contributed by atoms with van der Waals surface area (Å²) in [6.45, 7) is 0.441. The predicted molar refractivity (Wildman–Crippen MR) is 76.9 cm³/mol. The molecule has 0 saturated heterocycles. The van der Waals surface area contributed by atoms with Crippen molar-refractivity contribution in [2.24, 2.45) is 0 Å². The van der Waals surface area contributed by atoms with E-state index in [0.717, 1.165) is 0 Å². The third kappa shape index (κ3) is 3.35. The van der Waals surface area contributed by atoms with Crippen molar-refractivity contribution in [1.29, 1.82) is 0 Å². The molecule has 8 heteroatoms. The van der Waals surface area contributed by atoms with Gasteiger partial charge in [0.25, 0.3) is 0 Å². The highest BCUT2D eigenvalue weighted by molar-refractivity contribution is 5.91. The van der Waals surface area contributed by atoms with E-state index in [1.165, 1.54) is 18.0 Å². The molecule has 0 spiro atoms. The number of aromatic nitrogens is 2. The number of nitrogens with zero attached hydrogens (tertiary/aromatic N) is 2. The summed E-state index contributed by atoms with van der Waals surface area (Å²) in [4.78, 5) is 22.3. The summed E-state index contributed by atoms with van der Waals surface area (Å²) >= 11 is 0. The molecule has 0 atom stereocenters. The first-order valence-electron chi connectivity index (χ1n) is 6.38. The summed E-state index contributed by atoms with van der Waals surface area (Å²) in [5, 5.41) is 12.9. The van der Waals surface area contributed by atoms with E-state index in [-0.39, 0.29) is 24.5 Å². The molecule has 0 aliphatic heterocycles. The number of aromatic carboxylic acids is 1. The lowest BCUT2D eigenvalue weighted by Crippen LogP contribution is -2.16. The molecule has 0 amide bonds. The molecule has 0 radical (unpaired) electrons. The summed E-state index contributed by atoms with van der Waals surface area (Å²) in [5.74, 6) is -1.02. The summed E-state index contributed by atoms with van der Waals surface area (Å²) in [6, 6.07) is 6.41. The molecule has 8 nitrogen and oxygen atoms in total. The van der Waals surface area contributed by atoms with E-state index in [1.54, 1.807) is 24.3 Å². The number of methoxy groups -OCH3 is 1. The molecule has 3 N–H and O–H groups in total. The van der Waals surface area contributed by atoms with Gasteiger partial charge in [0, 0.05) is 0 Å². The largest absolute Gasteiger partial charge is 0.492 e. The molecule has 0 unspecified atom stereocenters. The molecule has 116 valence electrons. The van der Waals surface area contributed by atoms with Gasteiger partial charge in [0.05, 0.1) is 31.1 Å². The van der Waals surface area contributed by atoms with Crippen molar-refractivity contribution in [2.45, 2.75) is 6.54 Å². The highest BCUT2D eigenvalue weighted by Gasteiger charge is 2.15. The number of hydrogen-bond donors (Lipinski definition) is 2. The Morgan fingerprint density at radius 1 is 1.32 bits per heavy atom. The van der Waals surface area contributed by atoms with Crippen LogP contribution < -0.4 is 10.5 Å². The number of nitrogen functional groups attached to an aromatic ring is 1. The minimum Gasteiger partial charge on any atom is -0.492 e. The average molecular weight is 305 g/mol. The second kappa shape index (κ2) is 6.61. The Hall–Kier alpha value is -3.03. The SMILES string of the molecule is COC(=O)c1ccc(OCCn2ncc(N)c2C(=O)O)cc1. The fourth-order valence-electron chi connectivity index (χ4n) is 1.86. The van der Waals surface area contributed by atoms with Crippen LogP contribution in [0.1, 0.15) is 20.8 Å². The van der Waals surface area contributed by atoms with E-state index in [1.807, 2.05) is 0 Å². The monoisotopic (exact) mass is 305 g/mol. The van der Waals surface area contributed by atoms with Crippen molar-refractivity contribution < 1.29 is 24.2 Å². The van der Waals surface area contributed by atoms with E-state index in [2.05, 4.69) is 9.84 Å². The van der Waals surface area contributed by atoms with Crippen LogP contribution in [0, 0.1) is 0 Å². The lowest BCUT2D eigenvalue weighted by molar-refractivity contribution is 0.0599. The van der Waals surface area contributed by atoms with Crippen LogP contribution in [-0.2, 0) is 11.3 Å². The van der Waals surface area contributed by atoms with Gasteiger partial charge in [-0.25, -0.2) is 9.59 Å². The Bertz CT molecular complexity index is 678. The van der Waals surface area contributed by atoms with Crippen molar-refractivity contribution in [3.8, 4) is 5.75 Å². The van der Waals surface area contributed by atoms with E-state index >= 15 is 0 Å². The fourth-order valence-corrected chi connectivity index (χ4v) is 1.86. The molecule has 2 aromatic rings. The Labute approximate surface area is 126 Å². The van der Waals surface area contributed by atoms with Crippen LogP contribution >= 0.6 is 0 Å². The number of ether oxygens (including phenoxy) is 2. The first-order valence-corrected chi connectivity index (χ1v) is 6.38. The van der Waals surface area contributed by atoms with Crippen molar-refractivity contribution in [2.75, 3.05) is 19.5 Å². The molecule has 1 heterocycles. The van der Waals surface area contributed by atoms with Crippen LogP contribution in [0.4, 0.5) is 5.69 Å². The number of anilines is 1. The maximum atomic E-state index is 11.3. The van der Waals surface area contributed by atoms with E-state index in [9.17, 15) is 9.59 Å². The Morgan fingerprint density at radius 2 is 2.00 bits per heavy atom. The molecule has 0 aliphatic carbocycles. The molecular formula is C14H15N3O5. The van der Waals surface area contributed by atoms with Crippen LogP contribution in [0.2, 0.25) is 0 Å². The zero-order valence-corrected chi connectivity index (χ0v) is 11.9. The average Bonchev–Trinajstić information content (AvgIpc) is 2.88. The van der Waals surface area contributed by atoms with Crippen molar-refractivity contribution in [3.05, 3.63) is 41.7 Å². The molecule has 0 bridgehead atoms. The second-order valence-electron chi connectivity index (χ2n) is 4.34. The fraction of sp³-hybridized carbons (Fsp3) is 0.214. The summed E-state index contributed by atoms with van der Waals surface area (Å²) in [5.41, 5.74) is 6.00. The van der Waals surface area contributed by atoms with Gasteiger partial charge in [-0.1, -0.05) is 0 Å². The smallest absolute Gasteiger partial charge is 0.356 e. The number of benzene rings is 1. The van der Waals surface area contributed by atoms with Crippen LogP contribution in [0.25, 0.3) is 0 Å². The van der Waals surface area contributed by atoms with Gasteiger partial charge in [0.15, 0.2) is 5.69 Å². The molecular weight excluding hydrogens is 290 g/mol. The van der Waals surface area contributed by atoms with E-state index in [0.29, 0.717) is 11.3 Å². The van der Waals surface area contributed by atoms with Gasteiger partial charge in [-0.3, -0.25) is 4.68 Å². The summed E-state index contributed by atoms with van der Waals surface area (Å²) < 4.78 is 11.3. The molecule has 1 aromatic heterocycles. The molecule has 22 heavy (non-hydrogen) atoms. The molecule has 1 aromatic carbocycles. The minimum absolute atomic E-state index is 0.0651. The zero-order chi connectivity index (χ0) is 16.1. The standard InChI is InChI=1S/C14H15N3O5/c1-21-14(20)9-2-4-10(5-3-9)22-7-6-17-12(13(18)19)11(15)8-16-17/h2-5,8H,6-7,15H2,1H3,(H,18,19). The second-order valence-corrected chi connectivity index (χ2v) is 4.34. The molecule has 0 aliphatic rings. The van der Waals surface area contributed by atoms with Crippen LogP contribution in [0.5, 0.6) is 5.75 Å². The Morgan fingerprint density at radius 3 is 2.59 bits per heavy atom. The number of rotatable bonds is 6. The third-order valence-corrected chi connectivity index (χ3v) is 2.92. The quantitative estimate of drug-likeness (QED) is 0.765. The number of hydrogen-bond acceptors (Lipinski definition) is 6. The van der Waals surface area contributed by atoms with Gasteiger partial charge in [0.1, 0.15) is 12.4 Å². The van der Waals surface area contributed by atoms with Crippen LogP contribution in [0.3, 0.4) is 0 Å². The number of carbonyl (C=O) groups excluding carboxylic acids is 1. The van der Waals surface area contributed by atoms with E-state index in [4.69, 9.17) is 15.6 Å². The lowest BCUT2D eigenvalue weighted by atomic mass is 10.2.